The molecular formula is C28H29Cl4N3O4S. The van der Waals surface area contributed by atoms with Crippen molar-refractivity contribution in [1.82, 2.24) is 10.2 Å². The molecule has 1 atom stereocenters. The summed E-state index contributed by atoms with van der Waals surface area (Å²) in [6, 6.07) is 15.9. The highest BCUT2D eigenvalue weighted by Crippen LogP contribution is 2.28. The van der Waals surface area contributed by atoms with Crippen molar-refractivity contribution >= 4 is 73.9 Å². The number of rotatable bonds is 12. The van der Waals surface area contributed by atoms with Gasteiger partial charge in [0.15, 0.2) is 0 Å². The average Bonchev–Trinajstić information content (AvgIpc) is 2.92. The lowest BCUT2D eigenvalue weighted by Gasteiger charge is -2.33. The maximum absolute atomic E-state index is 14.0. The molecular weight excluding hydrogens is 616 g/mol. The van der Waals surface area contributed by atoms with Gasteiger partial charge in [-0.25, -0.2) is 8.42 Å². The van der Waals surface area contributed by atoms with Crippen molar-refractivity contribution in [1.29, 1.82) is 0 Å². The standard InChI is InChI=1S/C28H29Cl4N3O4S/c1-3-14-33-28(37)26(4-2)34(17-19-8-13-24(31)25(32)15-19)27(36)18-35(22-7-5-6-21(30)16-22)40(38,39)23-11-9-20(29)10-12-23/h5-13,15-16,26H,3-4,14,17-18H2,1-2H3,(H,33,37)/t26-/m1/s1. The van der Waals surface area contributed by atoms with Crippen molar-refractivity contribution in [3.05, 3.63) is 92.4 Å². The molecule has 2 amide bonds. The SMILES string of the molecule is CCCNC(=O)[C@@H](CC)N(Cc1ccc(Cl)c(Cl)c1)C(=O)CN(c1cccc(Cl)c1)S(=O)(=O)c1ccc(Cl)cc1. The van der Waals surface area contributed by atoms with Gasteiger partial charge in [0.25, 0.3) is 10.0 Å². The molecule has 0 aliphatic heterocycles. The van der Waals surface area contributed by atoms with Crippen LogP contribution in [0, 0.1) is 0 Å². The van der Waals surface area contributed by atoms with Crippen molar-refractivity contribution < 1.29 is 18.0 Å². The monoisotopic (exact) mass is 643 g/mol. The summed E-state index contributed by atoms with van der Waals surface area (Å²) < 4.78 is 28.6. The minimum atomic E-state index is -4.24. The Morgan fingerprint density at radius 2 is 1.57 bits per heavy atom. The van der Waals surface area contributed by atoms with E-state index in [1.807, 2.05) is 6.92 Å². The van der Waals surface area contributed by atoms with E-state index in [-0.39, 0.29) is 23.0 Å². The number of benzene rings is 3. The molecule has 0 spiro atoms. The molecule has 0 heterocycles. The fourth-order valence-corrected chi connectivity index (χ4v) is 6.05. The summed E-state index contributed by atoms with van der Waals surface area (Å²) in [6.07, 6.45) is 1.01. The van der Waals surface area contributed by atoms with E-state index in [1.165, 1.54) is 35.2 Å². The van der Waals surface area contributed by atoms with E-state index in [2.05, 4.69) is 5.32 Å². The predicted molar refractivity (Wildman–Crippen MR) is 162 cm³/mol. The fourth-order valence-electron chi connectivity index (χ4n) is 4.01. The summed E-state index contributed by atoms with van der Waals surface area (Å²) in [4.78, 5) is 28.4. The second kappa shape index (κ2) is 14.4. The molecule has 12 heteroatoms. The van der Waals surface area contributed by atoms with Gasteiger partial charge in [0.2, 0.25) is 11.8 Å². The molecule has 7 nitrogen and oxygen atoms in total. The van der Waals surface area contributed by atoms with Crippen LogP contribution in [0.4, 0.5) is 5.69 Å². The number of nitrogens with one attached hydrogen (secondary N) is 1. The quantitative estimate of drug-likeness (QED) is 0.234. The molecule has 0 aromatic heterocycles. The van der Waals surface area contributed by atoms with Gasteiger partial charge in [0, 0.05) is 23.1 Å². The maximum Gasteiger partial charge on any atom is 0.264 e. The second-order valence-electron chi connectivity index (χ2n) is 8.93. The molecule has 3 aromatic carbocycles. The van der Waals surface area contributed by atoms with Gasteiger partial charge >= 0.3 is 0 Å². The topological polar surface area (TPSA) is 86.8 Å². The first kappa shape index (κ1) is 32.0. The Hall–Kier alpha value is -2.49. The zero-order valence-corrected chi connectivity index (χ0v) is 25.8. The first-order valence-electron chi connectivity index (χ1n) is 12.5. The molecule has 0 unspecified atom stereocenters. The van der Waals surface area contributed by atoms with Crippen LogP contribution in [0.3, 0.4) is 0 Å². The van der Waals surface area contributed by atoms with Crippen LogP contribution in [0.1, 0.15) is 32.3 Å². The molecule has 0 saturated carbocycles. The Kier molecular flexibility index (Phi) is 11.5. The number of carbonyl (C=O) groups excluding carboxylic acids is 2. The van der Waals surface area contributed by atoms with Gasteiger partial charge < -0.3 is 10.2 Å². The maximum atomic E-state index is 14.0. The summed E-state index contributed by atoms with van der Waals surface area (Å²) in [6.45, 7) is 3.54. The average molecular weight is 645 g/mol. The number of hydrogen-bond acceptors (Lipinski definition) is 4. The Bertz CT molecular complexity index is 1450. The summed E-state index contributed by atoms with van der Waals surface area (Å²) >= 11 is 24.5. The summed E-state index contributed by atoms with van der Waals surface area (Å²) in [5, 5.41) is 4.13. The highest BCUT2D eigenvalue weighted by molar-refractivity contribution is 7.92. The van der Waals surface area contributed by atoms with E-state index < -0.39 is 28.5 Å². The van der Waals surface area contributed by atoms with Crippen LogP contribution in [0.5, 0.6) is 0 Å². The molecule has 0 radical (unpaired) electrons. The van der Waals surface area contributed by atoms with Gasteiger partial charge in [-0.05, 0) is 73.0 Å². The van der Waals surface area contributed by atoms with Gasteiger partial charge in [-0.1, -0.05) is 72.4 Å². The number of sulfonamides is 1. The number of carbonyl (C=O) groups is 2. The van der Waals surface area contributed by atoms with E-state index in [1.54, 1.807) is 43.3 Å². The molecule has 0 aliphatic rings. The van der Waals surface area contributed by atoms with E-state index in [0.29, 0.717) is 45.0 Å². The van der Waals surface area contributed by atoms with Crippen molar-refractivity contribution in [2.75, 3.05) is 17.4 Å². The fraction of sp³-hybridized carbons (Fsp3) is 0.286. The Labute approximate surface area is 255 Å². The summed E-state index contributed by atoms with van der Waals surface area (Å²) in [5.74, 6) is -0.935. The molecule has 0 aliphatic carbocycles. The lowest BCUT2D eigenvalue weighted by atomic mass is 10.1. The highest BCUT2D eigenvalue weighted by Gasteiger charge is 2.33. The van der Waals surface area contributed by atoms with E-state index in [9.17, 15) is 18.0 Å². The van der Waals surface area contributed by atoms with E-state index >= 15 is 0 Å². The van der Waals surface area contributed by atoms with Crippen LogP contribution in [-0.2, 0) is 26.2 Å². The Morgan fingerprint density at radius 3 is 2.17 bits per heavy atom. The van der Waals surface area contributed by atoms with Gasteiger partial charge in [-0.2, -0.15) is 0 Å². The Balaban J connectivity index is 2.06. The van der Waals surface area contributed by atoms with E-state index in [0.717, 1.165) is 4.31 Å². The van der Waals surface area contributed by atoms with Gasteiger partial charge in [-0.3, -0.25) is 13.9 Å². The smallest absolute Gasteiger partial charge is 0.264 e. The number of hydrogen-bond donors (Lipinski definition) is 1. The predicted octanol–water partition coefficient (Wildman–Crippen LogP) is 6.83. The minimum absolute atomic E-state index is 0.00183. The van der Waals surface area contributed by atoms with Crippen molar-refractivity contribution in [2.24, 2.45) is 0 Å². The first-order valence-corrected chi connectivity index (χ1v) is 15.5. The van der Waals surface area contributed by atoms with Crippen LogP contribution in [-0.4, -0.2) is 44.3 Å². The second-order valence-corrected chi connectivity index (χ2v) is 12.5. The number of nitrogens with zero attached hydrogens (tertiary/aromatic N) is 2. The third-order valence-electron chi connectivity index (χ3n) is 6.05. The lowest BCUT2D eigenvalue weighted by molar-refractivity contribution is -0.140. The van der Waals surface area contributed by atoms with Crippen molar-refractivity contribution in [3.8, 4) is 0 Å². The molecule has 40 heavy (non-hydrogen) atoms. The first-order chi connectivity index (χ1) is 19.0. The molecule has 3 aromatic rings. The largest absolute Gasteiger partial charge is 0.354 e. The molecule has 0 fully saturated rings. The molecule has 3 rings (SSSR count). The van der Waals surface area contributed by atoms with Crippen molar-refractivity contribution in [2.45, 2.75) is 44.2 Å². The zero-order valence-electron chi connectivity index (χ0n) is 21.9. The van der Waals surface area contributed by atoms with Crippen LogP contribution in [0.25, 0.3) is 0 Å². The van der Waals surface area contributed by atoms with Gasteiger partial charge in [0.05, 0.1) is 20.6 Å². The normalized spacial score (nSPS) is 12.1. The number of anilines is 1. The third kappa shape index (κ3) is 8.04. The minimum Gasteiger partial charge on any atom is -0.354 e. The van der Waals surface area contributed by atoms with Crippen LogP contribution >= 0.6 is 46.4 Å². The number of amides is 2. The summed E-state index contributed by atoms with van der Waals surface area (Å²) in [5.41, 5.74) is 0.813. The van der Waals surface area contributed by atoms with Crippen LogP contribution < -0.4 is 9.62 Å². The summed E-state index contributed by atoms with van der Waals surface area (Å²) in [7, 11) is -4.24. The zero-order chi connectivity index (χ0) is 29.4. The molecule has 1 N–H and O–H groups in total. The van der Waals surface area contributed by atoms with Crippen LogP contribution in [0.2, 0.25) is 20.1 Å². The molecule has 0 saturated heterocycles. The molecule has 214 valence electrons. The van der Waals surface area contributed by atoms with Gasteiger partial charge in [0.1, 0.15) is 12.6 Å². The lowest BCUT2D eigenvalue weighted by Crippen LogP contribution is -2.52. The van der Waals surface area contributed by atoms with Crippen molar-refractivity contribution in [3.63, 3.8) is 0 Å². The number of halogens is 4. The van der Waals surface area contributed by atoms with E-state index in [4.69, 9.17) is 46.4 Å². The third-order valence-corrected chi connectivity index (χ3v) is 9.06. The Morgan fingerprint density at radius 1 is 0.875 bits per heavy atom. The van der Waals surface area contributed by atoms with Gasteiger partial charge in [-0.15, -0.1) is 0 Å². The van der Waals surface area contributed by atoms with Crippen LogP contribution in [0.15, 0.2) is 71.6 Å². The highest BCUT2D eigenvalue weighted by atomic mass is 35.5. The molecule has 0 bridgehead atoms.